The van der Waals surface area contributed by atoms with Crippen molar-refractivity contribution in [3.63, 3.8) is 0 Å². The van der Waals surface area contributed by atoms with Gasteiger partial charge in [-0.3, -0.25) is 9.69 Å². The zero-order valence-electron chi connectivity index (χ0n) is 14.1. The molecule has 2 aliphatic rings. The van der Waals surface area contributed by atoms with Gasteiger partial charge in [-0.2, -0.15) is 0 Å². The first kappa shape index (κ1) is 15.8. The van der Waals surface area contributed by atoms with E-state index in [4.69, 9.17) is 0 Å². The maximum atomic E-state index is 12.8. The Morgan fingerprint density at radius 2 is 2.25 bits per heavy atom. The number of carbonyl (C=O) groups is 1. The van der Waals surface area contributed by atoms with E-state index in [1.807, 2.05) is 41.5 Å². The van der Waals surface area contributed by atoms with Crippen LogP contribution < -0.4 is 0 Å². The molecule has 0 N–H and O–H groups in total. The van der Waals surface area contributed by atoms with E-state index in [1.165, 1.54) is 17.8 Å². The van der Waals surface area contributed by atoms with E-state index in [2.05, 4.69) is 14.8 Å². The van der Waals surface area contributed by atoms with E-state index in [0.717, 1.165) is 44.8 Å². The van der Waals surface area contributed by atoms with Gasteiger partial charge in [-0.15, -0.1) is 11.3 Å². The number of aromatic nitrogens is 2. The van der Waals surface area contributed by atoms with Gasteiger partial charge in [0.15, 0.2) is 0 Å². The molecular weight excluding hydrogens is 320 g/mol. The van der Waals surface area contributed by atoms with E-state index >= 15 is 0 Å². The molecule has 0 aliphatic carbocycles. The van der Waals surface area contributed by atoms with Crippen molar-refractivity contribution in [2.24, 2.45) is 12.5 Å². The summed E-state index contributed by atoms with van der Waals surface area (Å²) >= 11 is 1.73. The van der Waals surface area contributed by atoms with Crippen LogP contribution in [0.1, 0.15) is 34.8 Å². The highest BCUT2D eigenvalue weighted by Gasteiger charge is 2.42. The molecule has 5 nitrogen and oxygen atoms in total. The maximum Gasteiger partial charge on any atom is 0.270 e. The minimum absolute atomic E-state index is 0.181. The minimum atomic E-state index is 0.181. The van der Waals surface area contributed by atoms with Gasteiger partial charge in [0.1, 0.15) is 10.7 Å². The summed E-state index contributed by atoms with van der Waals surface area (Å²) in [7, 11) is 1.94. The molecule has 2 aromatic rings. The molecule has 0 saturated carbocycles. The van der Waals surface area contributed by atoms with Crippen molar-refractivity contribution in [1.29, 1.82) is 0 Å². The number of hydrogen-bond donors (Lipinski definition) is 0. The fraction of sp³-hybridized carbons (Fsp3) is 0.556. The van der Waals surface area contributed by atoms with Gasteiger partial charge in [-0.05, 0) is 37.9 Å². The van der Waals surface area contributed by atoms with Crippen LogP contribution in [0, 0.1) is 5.41 Å². The molecule has 2 saturated heterocycles. The number of amides is 1. The quantitative estimate of drug-likeness (QED) is 0.859. The van der Waals surface area contributed by atoms with Gasteiger partial charge >= 0.3 is 0 Å². The lowest BCUT2D eigenvalue weighted by atomic mass is 9.79. The number of likely N-dealkylation sites (tertiary alicyclic amines) is 2. The second-order valence-corrected chi connectivity index (χ2v) is 8.20. The number of aryl methyl sites for hydroxylation is 1. The molecule has 0 radical (unpaired) electrons. The monoisotopic (exact) mass is 344 g/mol. The maximum absolute atomic E-state index is 12.8. The lowest BCUT2D eigenvalue weighted by Gasteiger charge is -2.40. The highest BCUT2D eigenvalue weighted by atomic mass is 32.1. The van der Waals surface area contributed by atoms with Crippen LogP contribution in [0.15, 0.2) is 29.9 Å². The SMILES string of the molecule is Cn1cccc1C(=O)N1CCC[C@@]2(CCN(Cc3nccs3)C2)C1. The molecule has 2 aliphatic heterocycles. The molecule has 1 amide bonds. The van der Waals surface area contributed by atoms with Crippen molar-refractivity contribution in [3.8, 4) is 0 Å². The molecular formula is C18H24N4OS. The standard InChI is InChI=1S/C18H24N4OS/c1-20-8-2-4-15(20)17(23)22-9-3-5-18(14-22)6-10-21(13-18)12-16-19-7-11-24-16/h2,4,7-8,11H,3,5-6,9-10,12-14H2,1H3/t18-/m0/s1. The first-order valence-corrected chi connectivity index (χ1v) is 9.55. The number of rotatable bonds is 3. The average Bonchev–Trinajstić information content (AvgIpc) is 3.30. The van der Waals surface area contributed by atoms with Gasteiger partial charge in [0.2, 0.25) is 0 Å². The molecule has 1 atom stereocenters. The molecule has 2 aromatic heterocycles. The Labute approximate surface area is 146 Å². The van der Waals surface area contributed by atoms with Crippen molar-refractivity contribution in [2.75, 3.05) is 26.2 Å². The molecule has 0 aromatic carbocycles. The fourth-order valence-corrected chi connectivity index (χ4v) is 4.90. The van der Waals surface area contributed by atoms with Gasteiger partial charge < -0.3 is 9.47 Å². The third-order valence-corrected chi connectivity index (χ3v) is 6.24. The second-order valence-electron chi connectivity index (χ2n) is 7.22. The normalized spacial score (nSPS) is 24.8. The lowest BCUT2D eigenvalue weighted by Crippen LogP contribution is -2.47. The number of hydrogen-bond acceptors (Lipinski definition) is 4. The zero-order valence-corrected chi connectivity index (χ0v) is 15.0. The van der Waals surface area contributed by atoms with Crippen molar-refractivity contribution in [2.45, 2.75) is 25.8 Å². The Hall–Kier alpha value is -1.66. The van der Waals surface area contributed by atoms with Crippen LogP contribution in [0.2, 0.25) is 0 Å². The molecule has 6 heteroatoms. The Bertz CT molecular complexity index is 710. The summed E-state index contributed by atoms with van der Waals surface area (Å²) in [6.07, 6.45) is 7.36. The van der Waals surface area contributed by atoms with Crippen LogP contribution in [-0.2, 0) is 13.6 Å². The van der Waals surface area contributed by atoms with Crippen LogP contribution >= 0.6 is 11.3 Å². The average molecular weight is 344 g/mol. The van der Waals surface area contributed by atoms with Gasteiger partial charge in [-0.25, -0.2) is 4.98 Å². The van der Waals surface area contributed by atoms with Gasteiger partial charge in [0.05, 0.1) is 6.54 Å². The molecule has 4 rings (SSSR count). The lowest BCUT2D eigenvalue weighted by molar-refractivity contribution is 0.0518. The molecule has 0 unspecified atom stereocenters. The summed E-state index contributed by atoms with van der Waals surface area (Å²) in [5.41, 5.74) is 1.07. The summed E-state index contributed by atoms with van der Waals surface area (Å²) < 4.78 is 1.92. The molecule has 24 heavy (non-hydrogen) atoms. The highest BCUT2D eigenvalue weighted by molar-refractivity contribution is 7.09. The highest BCUT2D eigenvalue weighted by Crippen LogP contribution is 2.39. The summed E-state index contributed by atoms with van der Waals surface area (Å²) in [6, 6.07) is 3.87. The van der Waals surface area contributed by atoms with Crippen LogP contribution in [-0.4, -0.2) is 51.4 Å². The minimum Gasteiger partial charge on any atom is -0.347 e. The number of piperidine rings is 1. The van der Waals surface area contributed by atoms with Gasteiger partial charge in [0, 0.05) is 49.9 Å². The largest absolute Gasteiger partial charge is 0.347 e. The Kier molecular flexibility index (Phi) is 4.18. The Morgan fingerprint density at radius 1 is 1.33 bits per heavy atom. The smallest absolute Gasteiger partial charge is 0.270 e. The van der Waals surface area contributed by atoms with Crippen molar-refractivity contribution in [1.82, 2.24) is 19.4 Å². The molecule has 2 fully saturated rings. The third kappa shape index (κ3) is 3.00. The van der Waals surface area contributed by atoms with E-state index < -0.39 is 0 Å². The third-order valence-electron chi connectivity index (χ3n) is 5.47. The van der Waals surface area contributed by atoms with E-state index in [0.29, 0.717) is 0 Å². The zero-order chi connectivity index (χ0) is 16.6. The van der Waals surface area contributed by atoms with Gasteiger partial charge in [0.25, 0.3) is 5.91 Å². The van der Waals surface area contributed by atoms with Crippen molar-refractivity contribution in [3.05, 3.63) is 40.6 Å². The summed E-state index contributed by atoms with van der Waals surface area (Å²) in [6.45, 7) is 4.93. The van der Waals surface area contributed by atoms with Crippen LogP contribution in [0.5, 0.6) is 0 Å². The Balaban J connectivity index is 1.43. The number of nitrogens with zero attached hydrogens (tertiary/aromatic N) is 4. The predicted molar refractivity (Wildman–Crippen MR) is 95.0 cm³/mol. The molecule has 4 heterocycles. The molecule has 128 valence electrons. The first-order chi connectivity index (χ1) is 11.7. The van der Waals surface area contributed by atoms with E-state index in [1.54, 1.807) is 11.3 Å². The summed E-state index contributed by atoms with van der Waals surface area (Å²) in [5, 5.41) is 3.24. The first-order valence-electron chi connectivity index (χ1n) is 8.67. The van der Waals surface area contributed by atoms with Crippen LogP contribution in [0.25, 0.3) is 0 Å². The predicted octanol–water partition coefficient (Wildman–Crippen LogP) is 2.61. The molecule has 1 spiro atoms. The molecule has 0 bridgehead atoms. The van der Waals surface area contributed by atoms with Crippen LogP contribution in [0.3, 0.4) is 0 Å². The second kappa shape index (κ2) is 6.33. The fourth-order valence-electron chi connectivity index (χ4n) is 4.24. The van der Waals surface area contributed by atoms with Crippen molar-refractivity contribution >= 4 is 17.2 Å². The Morgan fingerprint density at radius 3 is 3.00 bits per heavy atom. The summed E-state index contributed by atoms with van der Waals surface area (Å²) in [5.74, 6) is 0.181. The van der Waals surface area contributed by atoms with Gasteiger partial charge in [-0.1, -0.05) is 0 Å². The number of thiazole rings is 1. The topological polar surface area (TPSA) is 41.4 Å². The van der Waals surface area contributed by atoms with Crippen molar-refractivity contribution < 1.29 is 4.79 Å². The number of carbonyl (C=O) groups excluding carboxylic acids is 1. The summed E-state index contributed by atoms with van der Waals surface area (Å²) in [4.78, 5) is 21.8. The van der Waals surface area contributed by atoms with E-state index in [9.17, 15) is 4.79 Å². The van der Waals surface area contributed by atoms with Crippen LogP contribution in [0.4, 0.5) is 0 Å². The van der Waals surface area contributed by atoms with E-state index in [-0.39, 0.29) is 11.3 Å².